The molecule has 0 amide bonds. The minimum Gasteiger partial charge on any atom is -0.481 e. The molecule has 2 nitrogen and oxygen atoms in total. The Morgan fingerprint density at radius 1 is 0.636 bits per heavy atom. The lowest BCUT2D eigenvalue weighted by atomic mass is 9.94. The molecule has 22 heavy (non-hydrogen) atoms. The largest absolute Gasteiger partial charge is 0.481 e. The molecule has 1 unspecified atom stereocenters. The first-order chi connectivity index (χ1) is 10.7. The van der Waals surface area contributed by atoms with Crippen molar-refractivity contribution in [3.8, 4) is 0 Å². The standard InChI is InChI=1S/C20H40O2/c1-3-5-7-9-10-11-12-14-16-18-19(20(21)22)17-15-13-8-6-4-2/h19H,3-18H2,1-2H3,(H,21,22). The molecule has 2 heteroatoms. The van der Waals surface area contributed by atoms with Crippen LogP contribution in [0.4, 0.5) is 0 Å². The summed E-state index contributed by atoms with van der Waals surface area (Å²) in [5, 5.41) is 9.30. The van der Waals surface area contributed by atoms with Crippen molar-refractivity contribution in [1.82, 2.24) is 0 Å². The number of carbonyl (C=O) groups is 1. The average Bonchev–Trinajstić information content (AvgIpc) is 2.50. The van der Waals surface area contributed by atoms with Gasteiger partial charge in [0.1, 0.15) is 0 Å². The van der Waals surface area contributed by atoms with Gasteiger partial charge in [-0.3, -0.25) is 4.79 Å². The zero-order chi connectivity index (χ0) is 16.5. The second-order valence-electron chi connectivity index (χ2n) is 6.86. The molecule has 0 aromatic heterocycles. The Labute approximate surface area is 139 Å². The van der Waals surface area contributed by atoms with Crippen LogP contribution in [-0.2, 0) is 4.79 Å². The maximum atomic E-state index is 11.3. The summed E-state index contributed by atoms with van der Waals surface area (Å²) in [5.74, 6) is -0.666. The molecule has 0 aromatic rings. The highest BCUT2D eigenvalue weighted by Gasteiger charge is 2.16. The molecule has 0 saturated heterocycles. The number of hydrogen-bond donors (Lipinski definition) is 1. The molecule has 1 atom stereocenters. The third-order valence-electron chi connectivity index (χ3n) is 4.66. The second kappa shape index (κ2) is 16.8. The summed E-state index contributed by atoms with van der Waals surface area (Å²) in [6.07, 6.45) is 19.6. The monoisotopic (exact) mass is 312 g/mol. The Kier molecular flexibility index (Phi) is 16.4. The van der Waals surface area contributed by atoms with Gasteiger partial charge in [-0.05, 0) is 12.8 Å². The van der Waals surface area contributed by atoms with E-state index in [0.717, 1.165) is 25.7 Å². The topological polar surface area (TPSA) is 37.3 Å². The Balaban J connectivity index is 3.47. The van der Waals surface area contributed by atoms with Gasteiger partial charge in [0.15, 0.2) is 0 Å². The first kappa shape index (κ1) is 21.5. The van der Waals surface area contributed by atoms with Gasteiger partial charge in [0.25, 0.3) is 0 Å². The van der Waals surface area contributed by atoms with Crippen molar-refractivity contribution in [1.29, 1.82) is 0 Å². The predicted molar refractivity (Wildman–Crippen MR) is 96.3 cm³/mol. The average molecular weight is 313 g/mol. The quantitative estimate of drug-likeness (QED) is 0.294. The van der Waals surface area contributed by atoms with Gasteiger partial charge < -0.3 is 5.11 Å². The molecule has 0 fully saturated rings. The number of carboxylic acid groups (broad SMARTS) is 1. The fourth-order valence-electron chi connectivity index (χ4n) is 3.09. The highest BCUT2D eigenvalue weighted by atomic mass is 16.4. The zero-order valence-corrected chi connectivity index (χ0v) is 15.2. The van der Waals surface area contributed by atoms with E-state index in [1.165, 1.54) is 77.0 Å². The van der Waals surface area contributed by atoms with Crippen LogP contribution in [0.3, 0.4) is 0 Å². The summed E-state index contributed by atoms with van der Waals surface area (Å²) < 4.78 is 0. The number of carboxylic acids is 1. The van der Waals surface area contributed by atoms with Crippen molar-refractivity contribution < 1.29 is 9.90 Å². The number of hydrogen-bond acceptors (Lipinski definition) is 1. The zero-order valence-electron chi connectivity index (χ0n) is 15.2. The predicted octanol–water partition coefficient (Wildman–Crippen LogP) is 6.97. The van der Waals surface area contributed by atoms with Crippen LogP contribution >= 0.6 is 0 Å². The third kappa shape index (κ3) is 14.4. The van der Waals surface area contributed by atoms with Crippen LogP contribution in [0.25, 0.3) is 0 Å². The first-order valence-corrected chi connectivity index (χ1v) is 9.95. The van der Waals surface area contributed by atoms with Gasteiger partial charge in [-0.15, -0.1) is 0 Å². The maximum absolute atomic E-state index is 11.3. The van der Waals surface area contributed by atoms with Crippen molar-refractivity contribution in [3.05, 3.63) is 0 Å². The molecule has 0 aliphatic heterocycles. The molecule has 0 saturated carbocycles. The minimum atomic E-state index is -0.574. The van der Waals surface area contributed by atoms with Crippen LogP contribution < -0.4 is 0 Å². The van der Waals surface area contributed by atoms with Crippen molar-refractivity contribution in [3.63, 3.8) is 0 Å². The molecule has 1 N–H and O–H groups in total. The van der Waals surface area contributed by atoms with Gasteiger partial charge >= 0.3 is 5.97 Å². The van der Waals surface area contributed by atoms with Crippen molar-refractivity contribution in [2.45, 2.75) is 117 Å². The number of unbranched alkanes of at least 4 members (excludes halogenated alkanes) is 12. The fourth-order valence-corrected chi connectivity index (χ4v) is 3.09. The first-order valence-electron chi connectivity index (χ1n) is 9.95. The normalized spacial score (nSPS) is 12.5. The lowest BCUT2D eigenvalue weighted by Gasteiger charge is -2.12. The second-order valence-corrected chi connectivity index (χ2v) is 6.86. The Bertz CT molecular complexity index is 238. The van der Waals surface area contributed by atoms with Gasteiger partial charge in [0.05, 0.1) is 5.92 Å². The molecule has 0 aliphatic rings. The minimum absolute atomic E-state index is 0.0915. The molecule has 0 heterocycles. The fraction of sp³-hybridized carbons (Fsp3) is 0.950. The van der Waals surface area contributed by atoms with Crippen LogP contribution in [0.15, 0.2) is 0 Å². The van der Waals surface area contributed by atoms with E-state index in [9.17, 15) is 9.90 Å². The van der Waals surface area contributed by atoms with Crippen molar-refractivity contribution in [2.24, 2.45) is 5.92 Å². The molecular weight excluding hydrogens is 272 g/mol. The summed E-state index contributed by atoms with van der Waals surface area (Å²) in [6, 6.07) is 0. The van der Waals surface area contributed by atoms with E-state index < -0.39 is 5.97 Å². The maximum Gasteiger partial charge on any atom is 0.306 e. The van der Waals surface area contributed by atoms with Gasteiger partial charge in [0.2, 0.25) is 0 Å². The molecule has 0 radical (unpaired) electrons. The number of rotatable bonds is 17. The van der Waals surface area contributed by atoms with Gasteiger partial charge in [-0.1, -0.05) is 104 Å². The van der Waals surface area contributed by atoms with Gasteiger partial charge in [0, 0.05) is 0 Å². The van der Waals surface area contributed by atoms with Crippen LogP contribution in [0.5, 0.6) is 0 Å². The summed E-state index contributed by atoms with van der Waals surface area (Å²) in [4.78, 5) is 11.3. The van der Waals surface area contributed by atoms with E-state index in [0.29, 0.717) is 0 Å². The van der Waals surface area contributed by atoms with Gasteiger partial charge in [-0.25, -0.2) is 0 Å². The SMILES string of the molecule is CCCCCCCCCCCC(CCCCCCC)C(=O)O. The van der Waals surface area contributed by atoms with Crippen molar-refractivity contribution >= 4 is 5.97 Å². The molecule has 0 aromatic carbocycles. The van der Waals surface area contributed by atoms with Gasteiger partial charge in [-0.2, -0.15) is 0 Å². The van der Waals surface area contributed by atoms with Crippen molar-refractivity contribution in [2.75, 3.05) is 0 Å². The Hall–Kier alpha value is -0.530. The van der Waals surface area contributed by atoms with E-state index in [-0.39, 0.29) is 5.92 Å². The smallest absolute Gasteiger partial charge is 0.306 e. The summed E-state index contributed by atoms with van der Waals surface area (Å²) in [5.41, 5.74) is 0. The van der Waals surface area contributed by atoms with E-state index in [1.54, 1.807) is 0 Å². The highest BCUT2D eigenvalue weighted by Crippen LogP contribution is 2.19. The molecule has 0 bridgehead atoms. The summed E-state index contributed by atoms with van der Waals surface area (Å²) in [6.45, 7) is 4.46. The van der Waals surface area contributed by atoms with Crippen LogP contribution in [0.2, 0.25) is 0 Å². The van der Waals surface area contributed by atoms with E-state index in [2.05, 4.69) is 13.8 Å². The molecule has 132 valence electrons. The third-order valence-corrected chi connectivity index (χ3v) is 4.66. The van der Waals surface area contributed by atoms with E-state index in [1.807, 2.05) is 0 Å². The summed E-state index contributed by atoms with van der Waals surface area (Å²) >= 11 is 0. The van der Waals surface area contributed by atoms with Crippen LogP contribution in [0.1, 0.15) is 117 Å². The molecule has 0 aliphatic carbocycles. The lowest BCUT2D eigenvalue weighted by molar-refractivity contribution is -0.142. The Morgan fingerprint density at radius 3 is 1.27 bits per heavy atom. The van der Waals surface area contributed by atoms with E-state index in [4.69, 9.17) is 0 Å². The number of aliphatic carboxylic acids is 1. The highest BCUT2D eigenvalue weighted by molar-refractivity contribution is 5.69. The van der Waals surface area contributed by atoms with Crippen LogP contribution in [-0.4, -0.2) is 11.1 Å². The molecule has 0 rings (SSSR count). The lowest BCUT2D eigenvalue weighted by Crippen LogP contribution is -2.13. The molecule has 0 spiro atoms. The molecular formula is C20H40O2. The van der Waals surface area contributed by atoms with E-state index >= 15 is 0 Å². The summed E-state index contributed by atoms with van der Waals surface area (Å²) in [7, 11) is 0. The Morgan fingerprint density at radius 2 is 0.955 bits per heavy atom. The van der Waals surface area contributed by atoms with Crippen LogP contribution in [0, 0.1) is 5.92 Å².